The molecular formula is C26H42O2. The Labute approximate surface area is 173 Å². The van der Waals surface area contributed by atoms with E-state index in [1.165, 1.54) is 44.1 Å². The van der Waals surface area contributed by atoms with Crippen LogP contribution in [0.3, 0.4) is 0 Å². The van der Waals surface area contributed by atoms with Crippen LogP contribution in [-0.4, -0.2) is 17.0 Å². The van der Waals surface area contributed by atoms with Crippen LogP contribution in [-0.2, 0) is 4.74 Å². The molecule has 0 aromatic rings. The lowest BCUT2D eigenvalue weighted by Gasteiger charge is -2.62. The molecule has 0 spiro atoms. The molecule has 0 aromatic carbocycles. The van der Waals surface area contributed by atoms with Crippen molar-refractivity contribution in [2.75, 3.05) is 0 Å². The summed E-state index contributed by atoms with van der Waals surface area (Å²) in [6.07, 6.45) is 18.5. The minimum absolute atomic E-state index is 0.134. The van der Waals surface area contributed by atoms with Gasteiger partial charge in [0.15, 0.2) is 5.79 Å². The molecule has 0 radical (unpaired) electrons. The van der Waals surface area contributed by atoms with Gasteiger partial charge in [-0.2, -0.15) is 0 Å². The molecule has 158 valence electrons. The predicted molar refractivity (Wildman–Crippen MR) is 117 cm³/mol. The second kappa shape index (κ2) is 7.81. The number of hydrogen-bond donors (Lipinski definition) is 1. The van der Waals surface area contributed by atoms with E-state index in [0.29, 0.717) is 23.2 Å². The maximum Gasteiger partial charge on any atom is 0.160 e. The summed E-state index contributed by atoms with van der Waals surface area (Å²) < 4.78 is 6.34. The lowest BCUT2D eigenvalue weighted by molar-refractivity contribution is -0.261. The Kier molecular flexibility index (Phi) is 6.11. The molecule has 4 aliphatic rings. The van der Waals surface area contributed by atoms with Crippen LogP contribution in [0.5, 0.6) is 0 Å². The number of allylic oxidation sites excluding steroid dienone is 2. The average Bonchev–Trinajstić information content (AvgIpc) is 2.99. The highest BCUT2D eigenvalue weighted by Crippen LogP contribution is 2.66. The summed E-state index contributed by atoms with van der Waals surface area (Å²) >= 11 is 0. The van der Waals surface area contributed by atoms with Crippen molar-refractivity contribution < 1.29 is 9.84 Å². The predicted octanol–water partition coefficient (Wildman–Crippen LogP) is 6.34. The largest absolute Gasteiger partial charge is 0.366 e. The molecule has 3 fully saturated rings. The average molecular weight is 387 g/mol. The van der Waals surface area contributed by atoms with E-state index in [1.54, 1.807) is 13.8 Å². The van der Waals surface area contributed by atoms with E-state index in [1.807, 2.05) is 13.8 Å². The van der Waals surface area contributed by atoms with E-state index in [0.717, 1.165) is 18.8 Å². The third kappa shape index (κ3) is 3.48. The first-order valence-corrected chi connectivity index (χ1v) is 11.8. The summed E-state index contributed by atoms with van der Waals surface area (Å²) in [7, 11) is 0. The molecule has 2 nitrogen and oxygen atoms in total. The van der Waals surface area contributed by atoms with Gasteiger partial charge in [-0.1, -0.05) is 52.5 Å². The topological polar surface area (TPSA) is 29.5 Å². The number of aliphatic hydroxyl groups is 1. The fraction of sp³-hybridized carbons (Fsp3) is 0.846. The molecule has 7 atom stereocenters. The van der Waals surface area contributed by atoms with E-state index in [4.69, 9.17) is 11.2 Å². The first-order valence-electron chi connectivity index (χ1n) is 11.8. The van der Waals surface area contributed by atoms with Gasteiger partial charge in [0.2, 0.25) is 0 Å². The van der Waals surface area contributed by atoms with Gasteiger partial charge in [0.1, 0.15) is 0 Å². The van der Waals surface area contributed by atoms with Gasteiger partial charge < -0.3 is 9.84 Å². The Hall–Kier alpha value is -0.780. The number of ether oxygens (including phenoxy) is 1. The molecule has 0 bridgehead atoms. The van der Waals surface area contributed by atoms with E-state index in [9.17, 15) is 5.11 Å². The Morgan fingerprint density at radius 2 is 1.86 bits per heavy atom. The zero-order valence-electron chi connectivity index (χ0n) is 19.1. The Bertz CT molecular complexity index is 636. The van der Waals surface area contributed by atoms with Gasteiger partial charge in [0, 0.05) is 11.0 Å². The zero-order chi connectivity index (χ0) is 20.7. The summed E-state index contributed by atoms with van der Waals surface area (Å²) in [4.78, 5) is 0. The number of hydrogen-bond acceptors (Lipinski definition) is 2. The molecule has 28 heavy (non-hydrogen) atoms. The number of terminal acetylenes is 1. The molecule has 0 aromatic heterocycles. The van der Waals surface area contributed by atoms with E-state index in [-0.39, 0.29) is 11.5 Å². The normalized spacial score (nSPS) is 44.8. The molecule has 4 rings (SSSR count). The van der Waals surface area contributed by atoms with Crippen molar-refractivity contribution in [1.82, 2.24) is 0 Å². The van der Waals surface area contributed by atoms with Gasteiger partial charge in [-0.3, -0.25) is 0 Å². The van der Waals surface area contributed by atoms with Crippen LogP contribution < -0.4 is 0 Å². The van der Waals surface area contributed by atoms with Gasteiger partial charge in [-0.05, 0) is 81.5 Å². The summed E-state index contributed by atoms with van der Waals surface area (Å²) in [6, 6.07) is 0. The lowest BCUT2D eigenvalue weighted by atomic mass is 9.44. The monoisotopic (exact) mass is 386 g/mol. The van der Waals surface area contributed by atoms with Gasteiger partial charge in [-0.25, -0.2) is 0 Å². The van der Waals surface area contributed by atoms with Crippen LogP contribution in [0.2, 0.25) is 0 Å². The first-order chi connectivity index (χ1) is 13.2. The minimum Gasteiger partial charge on any atom is -0.366 e. The van der Waals surface area contributed by atoms with Crippen LogP contribution >= 0.6 is 0 Å². The van der Waals surface area contributed by atoms with Crippen LogP contribution in [0.25, 0.3) is 0 Å². The van der Waals surface area contributed by atoms with Gasteiger partial charge in [0.25, 0.3) is 0 Å². The molecule has 0 saturated heterocycles. The molecule has 2 heteroatoms. The molecular weight excluding hydrogens is 344 g/mol. The van der Waals surface area contributed by atoms with Crippen molar-refractivity contribution in [2.45, 2.75) is 105 Å². The Morgan fingerprint density at radius 3 is 2.50 bits per heavy atom. The molecule has 0 aliphatic heterocycles. The maximum atomic E-state index is 10.5. The highest BCUT2D eigenvalue weighted by Gasteiger charge is 2.61. The van der Waals surface area contributed by atoms with Crippen LogP contribution in [0, 0.1) is 46.8 Å². The molecule has 0 amide bonds. The smallest absolute Gasteiger partial charge is 0.160 e. The molecule has 3 saturated carbocycles. The SMILES string of the molecule is C#CC1=CCC2C3C(OC(C)(C)O)CC4CCCCC4(C)C3CCC12C.CC. The molecule has 0 heterocycles. The summed E-state index contributed by atoms with van der Waals surface area (Å²) in [5.41, 5.74) is 1.80. The molecule has 7 unspecified atom stereocenters. The van der Waals surface area contributed by atoms with Crippen molar-refractivity contribution in [1.29, 1.82) is 0 Å². The highest BCUT2D eigenvalue weighted by molar-refractivity contribution is 5.38. The van der Waals surface area contributed by atoms with Crippen molar-refractivity contribution in [2.24, 2.45) is 34.5 Å². The van der Waals surface area contributed by atoms with Crippen molar-refractivity contribution in [3.05, 3.63) is 11.6 Å². The van der Waals surface area contributed by atoms with E-state index >= 15 is 0 Å². The Morgan fingerprint density at radius 1 is 1.14 bits per heavy atom. The van der Waals surface area contributed by atoms with Crippen molar-refractivity contribution >= 4 is 0 Å². The summed E-state index contributed by atoms with van der Waals surface area (Å²) in [5, 5.41) is 10.5. The van der Waals surface area contributed by atoms with Crippen LogP contribution in [0.4, 0.5) is 0 Å². The second-order valence-corrected chi connectivity index (χ2v) is 10.5. The van der Waals surface area contributed by atoms with Crippen molar-refractivity contribution in [3.8, 4) is 12.3 Å². The third-order valence-corrected chi connectivity index (χ3v) is 8.75. The van der Waals surface area contributed by atoms with Gasteiger partial charge in [-0.15, -0.1) is 6.42 Å². The highest BCUT2D eigenvalue weighted by atomic mass is 16.6. The van der Waals surface area contributed by atoms with Crippen LogP contribution in [0.15, 0.2) is 11.6 Å². The number of rotatable bonds is 2. The van der Waals surface area contributed by atoms with E-state index in [2.05, 4.69) is 25.8 Å². The Balaban J connectivity index is 0.00000109. The van der Waals surface area contributed by atoms with Gasteiger partial charge >= 0.3 is 0 Å². The maximum absolute atomic E-state index is 10.5. The van der Waals surface area contributed by atoms with Crippen molar-refractivity contribution in [3.63, 3.8) is 0 Å². The van der Waals surface area contributed by atoms with E-state index < -0.39 is 5.79 Å². The lowest BCUT2D eigenvalue weighted by Crippen LogP contribution is -2.58. The van der Waals surface area contributed by atoms with Gasteiger partial charge in [0.05, 0.1) is 6.10 Å². The fourth-order valence-electron chi connectivity index (χ4n) is 7.52. The molecule has 1 N–H and O–H groups in total. The third-order valence-electron chi connectivity index (χ3n) is 8.75. The summed E-state index contributed by atoms with van der Waals surface area (Å²) in [5.74, 6) is 4.47. The standard InChI is InChI=1S/C24H36O2.C2H6/c1-6-16-10-11-18-21-19(12-14-24(16,18)5)23(4)13-8-7-9-17(23)15-20(21)26-22(2,3)25;1-2/h1,10,17-21,25H,7-9,11-15H2,2-5H3;1-2H3. The second-order valence-electron chi connectivity index (χ2n) is 10.5. The minimum atomic E-state index is -1.06. The first kappa shape index (κ1) is 21.9. The van der Waals surface area contributed by atoms with Crippen LogP contribution in [0.1, 0.15) is 92.9 Å². The summed E-state index contributed by atoms with van der Waals surface area (Å²) in [6.45, 7) is 12.5. The molecule has 4 aliphatic carbocycles. The quantitative estimate of drug-likeness (QED) is 0.443. The zero-order valence-corrected chi connectivity index (χ0v) is 19.1. The fourth-order valence-corrected chi connectivity index (χ4v) is 7.52. The number of fused-ring (bicyclic) bond motifs is 5.